The van der Waals surface area contributed by atoms with Crippen molar-refractivity contribution in [2.24, 2.45) is 0 Å². The Morgan fingerprint density at radius 1 is 0.970 bits per heavy atom. The third-order valence-electron chi connectivity index (χ3n) is 6.61. The molecule has 0 saturated carbocycles. The molecule has 6 rings (SSSR count). The molecule has 0 spiro atoms. The molecule has 0 bridgehead atoms. The summed E-state index contributed by atoms with van der Waals surface area (Å²) in [7, 11) is 3.33. The Morgan fingerprint density at radius 2 is 1.79 bits per heavy atom. The highest BCUT2D eigenvalue weighted by molar-refractivity contribution is 5.73. The Balaban J connectivity index is 1.58. The Kier molecular flexibility index (Phi) is 4.75. The third kappa shape index (κ3) is 3.23. The number of ether oxygens (including phenoxy) is 2. The number of nitrogens with one attached hydrogen (secondary N) is 1. The van der Waals surface area contributed by atoms with Crippen LogP contribution in [0.3, 0.4) is 0 Å². The van der Waals surface area contributed by atoms with Crippen molar-refractivity contribution in [2.45, 2.75) is 31.6 Å². The van der Waals surface area contributed by atoms with E-state index in [1.807, 2.05) is 36.4 Å². The van der Waals surface area contributed by atoms with Crippen molar-refractivity contribution >= 4 is 11.5 Å². The second-order valence-electron chi connectivity index (χ2n) is 8.46. The van der Waals surface area contributed by atoms with E-state index in [1.165, 1.54) is 24.1 Å². The molecule has 1 aliphatic heterocycles. The van der Waals surface area contributed by atoms with Gasteiger partial charge in [0.05, 0.1) is 19.8 Å². The summed E-state index contributed by atoms with van der Waals surface area (Å²) >= 11 is 0. The molecule has 0 fully saturated rings. The molecule has 33 heavy (non-hydrogen) atoms. The summed E-state index contributed by atoms with van der Waals surface area (Å²) in [5, 5.41) is 8.36. The van der Waals surface area contributed by atoms with Gasteiger partial charge in [0.25, 0.3) is 0 Å². The second kappa shape index (κ2) is 7.92. The number of nitrogens with zero attached hydrogens (tertiary/aromatic N) is 4. The van der Waals surface area contributed by atoms with Gasteiger partial charge in [-0.1, -0.05) is 36.4 Å². The molecular weight excluding hydrogens is 414 g/mol. The number of benzene rings is 2. The second-order valence-corrected chi connectivity index (χ2v) is 8.46. The van der Waals surface area contributed by atoms with Crippen molar-refractivity contribution in [3.05, 3.63) is 77.3 Å². The predicted octanol–water partition coefficient (Wildman–Crippen LogP) is 5.19. The van der Waals surface area contributed by atoms with Crippen molar-refractivity contribution in [1.29, 1.82) is 0 Å². The molecule has 1 aliphatic carbocycles. The summed E-state index contributed by atoms with van der Waals surface area (Å²) in [5.74, 6) is 3.02. The van der Waals surface area contributed by atoms with Crippen LogP contribution in [0.5, 0.6) is 11.5 Å². The summed E-state index contributed by atoms with van der Waals surface area (Å²) in [4.78, 5) is 9.74. The smallest absolute Gasteiger partial charge is 0.182 e. The van der Waals surface area contributed by atoms with Crippen LogP contribution in [0.25, 0.3) is 17.0 Å². The van der Waals surface area contributed by atoms with Crippen LogP contribution in [0.15, 0.2) is 66.1 Å². The fraction of sp³-hybridized carbons (Fsp3) is 0.269. The van der Waals surface area contributed by atoms with Crippen LogP contribution in [0.4, 0.5) is 5.82 Å². The van der Waals surface area contributed by atoms with Gasteiger partial charge in [0.2, 0.25) is 0 Å². The van der Waals surface area contributed by atoms with Crippen molar-refractivity contribution in [3.8, 4) is 22.9 Å². The summed E-state index contributed by atoms with van der Waals surface area (Å²) in [6, 6.07) is 16.2. The van der Waals surface area contributed by atoms with Crippen LogP contribution in [-0.2, 0) is 0 Å². The van der Waals surface area contributed by atoms with E-state index < -0.39 is 0 Å². The predicted molar refractivity (Wildman–Crippen MR) is 127 cm³/mol. The van der Waals surface area contributed by atoms with Gasteiger partial charge in [-0.05, 0) is 49.0 Å². The molecular formula is C26H25N5O2. The van der Waals surface area contributed by atoms with E-state index in [2.05, 4.69) is 17.4 Å². The summed E-state index contributed by atoms with van der Waals surface area (Å²) in [5.41, 5.74) is 6.69. The minimum Gasteiger partial charge on any atom is -0.493 e. The van der Waals surface area contributed by atoms with Crippen LogP contribution < -0.4 is 14.8 Å². The molecule has 2 aliphatic rings. The number of rotatable bonds is 4. The first kappa shape index (κ1) is 19.8. The number of hydrogen-bond donors (Lipinski definition) is 1. The minimum atomic E-state index is 0.0281. The third-order valence-corrected chi connectivity index (χ3v) is 6.61. The number of methoxy groups -OCH3 is 2. The van der Waals surface area contributed by atoms with E-state index in [9.17, 15) is 0 Å². The molecule has 2 aromatic heterocycles. The monoisotopic (exact) mass is 439 g/mol. The molecule has 4 aromatic rings. The first-order chi connectivity index (χ1) is 16.3. The minimum absolute atomic E-state index is 0.0281. The maximum Gasteiger partial charge on any atom is 0.182 e. The van der Waals surface area contributed by atoms with Gasteiger partial charge < -0.3 is 14.8 Å². The number of aromatic nitrogens is 4. The topological polar surface area (TPSA) is 73.6 Å². The van der Waals surface area contributed by atoms with E-state index in [4.69, 9.17) is 24.5 Å². The highest BCUT2D eigenvalue weighted by Crippen LogP contribution is 2.48. The zero-order chi connectivity index (χ0) is 22.4. The molecule has 1 N–H and O–H groups in total. The number of hydrogen-bond acceptors (Lipinski definition) is 6. The molecule has 0 radical (unpaired) electrons. The molecule has 7 nitrogen and oxygen atoms in total. The largest absolute Gasteiger partial charge is 0.493 e. The van der Waals surface area contributed by atoms with E-state index in [-0.39, 0.29) is 5.92 Å². The molecule has 0 saturated heterocycles. The van der Waals surface area contributed by atoms with E-state index in [0.29, 0.717) is 5.82 Å². The van der Waals surface area contributed by atoms with Crippen LogP contribution in [-0.4, -0.2) is 33.8 Å². The van der Waals surface area contributed by atoms with E-state index >= 15 is 0 Å². The van der Waals surface area contributed by atoms with Crippen LogP contribution >= 0.6 is 0 Å². The summed E-state index contributed by atoms with van der Waals surface area (Å²) in [6.07, 6.45) is 6.19. The molecule has 1 atom stereocenters. The number of anilines is 1. The van der Waals surface area contributed by atoms with Gasteiger partial charge in [0.1, 0.15) is 12.1 Å². The highest BCUT2D eigenvalue weighted by Gasteiger charge is 2.34. The average Bonchev–Trinajstić information content (AvgIpc) is 3.32. The quantitative estimate of drug-likeness (QED) is 0.472. The van der Waals surface area contributed by atoms with Crippen LogP contribution in [0, 0.1) is 0 Å². The Bertz CT molecular complexity index is 1380. The van der Waals surface area contributed by atoms with Gasteiger partial charge >= 0.3 is 0 Å². The Morgan fingerprint density at radius 3 is 2.61 bits per heavy atom. The zero-order valence-electron chi connectivity index (χ0n) is 18.7. The molecule has 2 aromatic carbocycles. The fourth-order valence-corrected chi connectivity index (χ4v) is 5.06. The van der Waals surface area contributed by atoms with Crippen molar-refractivity contribution in [3.63, 3.8) is 0 Å². The Labute approximate surface area is 192 Å². The molecule has 1 unspecified atom stereocenters. The average molecular weight is 440 g/mol. The van der Waals surface area contributed by atoms with Gasteiger partial charge in [-0.3, -0.25) is 0 Å². The highest BCUT2D eigenvalue weighted by atomic mass is 16.5. The zero-order valence-corrected chi connectivity index (χ0v) is 18.7. The van der Waals surface area contributed by atoms with E-state index in [1.54, 1.807) is 25.1 Å². The molecule has 3 heterocycles. The van der Waals surface area contributed by atoms with Gasteiger partial charge in [-0.15, -0.1) is 5.10 Å². The lowest BCUT2D eigenvalue weighted by Gasteiger charge is -2.34. The van der Waals surface area contributed by atoms with Crippen molar-refractivity contribution in [1.82, 2.24) is 19.6 Å². The lowest BCUT2D eigenvalue weighted by atomic mass is 9.77. The van der Waals surface area contributed by atoms with Crippen LogP contribution in [0.2, 0.25) is 0 Å². The van der Waals surface area contributed by atoms with Crippen LogP contribution in [0.1, 0.15) is 42.7 Å². The maximum atomic E-state index is 5.64. The van der Waals surface area contributed by atoms with Gasteiger partial charge in [-0.2, -0.15) is 0 Å². The van der Waals surface area contributed by atoms with Crippen molar-refractivity contribution < 1.29 is 9.47 Å². The Hall–Kier alpha value is -3.87. The van der Waals surface area contributed by atoms with Gasteiger partial charge in [0, 0.05) is 17.2 Å². The summed E-state index contributed by atoms with van der Waals surface area (Å²) in [6.45, 7) is 0. The van der Waals surface area contributed by atoms with Crippen molar-refractivity contribution in [2.75, 3.05) is 19.5 Å². The molecule has 7 heteroatoms. The van der Waals surface area contributed by atoms with Gasteiger partial charge in [-0.25, -0.2) is 14.5 Å². The first-order valence-corrected chi connectivity index (χ1v) is 11.3. The fourth-order valence-electron chi connectivity index (χ4n) is 5.06. The number of fused-ring (bicyclic) bond motifs is 3. The van der Waals surface area contributed by atoms with E-state index in [0.717, 1.165) is 52.5 Å². The normalized spacial score (nSPS) is 17.3. The molecule has 0 amide bonds. The lowest BCUT2D eigenvalue weighted by Crippen LogP contribution is -2.23. The lowest BCUT2D eigenvalue weighted by molar-refractivity contribution is 0.354. The number of allylic oxidation sites excluding steroid dienone is 2. The summed E-state index contributed by atoms with van der Waals surface area (Å²) < 4.78 is 12.9. The standard InChI is InChI=1S/C26H25N5O2/c1-32-20-13-12-17(14-21(20)33-2)22-18-10-6-7-11-19(18)28-25-23(22)26-29-24(30-31(26)15-27-25)16-8-4-3-5-9-16/h3-5,8-9,12-15,22,28H,6-7,10-11H2,1-2H3. The maximum absolute atomic E-state index is 5.64. The SMILES string of the molecule is COc1ccc(C2C3=C(CCCC3)Nc3ncn4nc(-c5ccccc5)nc4c32)cc1OC. The first-order valence-electron chi connectivity index (χ1n) is 11.3. The van der Waals surface area contributed by atoms with Gasteiger partial charge in [0.15, 0.2) is 23.0 Å². The molecule has 166 valence electrons.